The summed E-state index contributed by atoms with van der Waals surface area (Å²) < 4.78 is 0. The van der Waals surface area contributed by atoms with Crippen molar-refractivity contribution >= 4 is 47.3 Å². The molecule has 426 valence electrons. The number of carbonyl (C=O) groups is 6. The number of anilines is 2. The molecule has 0 bridgehead atoms. The molecule has 2 aromatic carbocycles. The first kappa shape index (κ1) is 79.3. The van der Waals surface area contributed by atoms with E-state index >= 15 is 0 Å². The van der Waals surface area contributed by atoms with Gasteiger partial charge in [-0.25, -0.2) is 0 Å². The number of hydrogen-bond acceptors (Lipinski definition) is 15. The van der Waals surface area contributed by atoms with Crippen molar-refractivity contribution in [2.45, 2.75) is 150 Å². The van der Waals surface area contributed by atoms with Gasteiger partial charge >= 0.3 is 0 Å². The summed E-state index contributed by atoms with van der Waals surface area (Å²) >= 11 is 0. The maximum atomic E-state index is 14.3. The Hall–Kier alpha value is -5.10. The fourth-order valence-corrected chi connectivity index (χ4v) is 6.57. The van der Waals surface area contributed by atoms with Crippen molar-refractivity contribution in [1.82, 2.24) is 20.4 Å². The summed E-state index contributed by atoms with van der Waals surface area (Å²) in [5, 5.41) is 95.3. The van der Waals surface area contributed by atoms with Crippen LogP contribution in [-0.4, -0.2) is 189 Å². The molecule has 0 aromatic heterocycles. The number of hydrogen-bond donors (Lipinski definition) is 13. The molecule has 0 aliphatic carbocycles. The van der Waals surface area contributed by atoms with Crippen molar-refractivity contribution in [2.75, 3.05) is 89.5 Å². The van der Waals surface area contributed by atoms with Crippen molar-refractivity contribution in [1.29, 1.82) is 0 Å². The van der Waals surface area contributed by atoms with Gasteiger partial charge in [0.1, 0.15) is 13.2 Å². The number of aliphatic hydroxyl groups excluding tert-OH is 9. The van der Waals surface area contributed by atoms with Crippen molar-refractivity contribution in [3.63, 3.8) is 0 Å². The fourth-order valence-electron chi connectivity index (χ4n) is 6.57. The lowest BCUT2D eigenvalue weighted by Crippen LogP contribution is -2.46. The van der Waals surface area contributed by atoms with Crippen LogP contribution in [0.1, 0.15) is 153 Å². The summed E-state index contributed by atoms with van der Waals surface area (Å²) in [5.74, 6) is -3.56. The second kappa shape index (κ2) is 47.9. The highest BCUT2D eigenvalue weighted by molar-refractivity contribution is 6.08. The lowest BCUT2D eigenvalue weighted by Gasteiger charge is -2.31. The van der Waals surface area contributed by atoms with Gasteiger partial charge in [0.05, 0.1) is 44.7 Å². The van der Waals surface area contributed by atoms with Gasteiger partial charge in [0.2, 0.25) is 18.2 Å². The third-order valence-corrected chi connectivity index (χ3v) is 9.88. The summed E-state index contributed by atoms with van der Waals surface area (Å²) in [4.78, 5) is 77.8. The van der Waals surface area contributed by atoms with Gasteiger partial charge in [-0.1, -0.05) is 83.1 Å². The minimum Gasteiger partial charge on any atom is -0.395 e. The zero-order valence-electron chi connectivity index (χ0n) is 47.7. The minimum atomic E-state index is -1.43. The van der Waals surface area contributed by atoms with Crippen LogP contribution in [0, 0.1) is 48.5 Å². The van der Waals surface area contributed by atoms with Crippen molar-refractivity contribution < 1.29 is 74.7 Å². The Labute approximate surface area is 436 Å². The lowest BCUT2D eigenvalue weighted by molar-refractivity contribution is -0.119. The number of nitrogens with one attached hydrogen (secondary N) is 4. The molecule has 0 spiro atoms. The van der Waals surface area contributed by atoms with Crippen LogP contribution in [0.4, 0.5) is 11.4 Å². The molecule has 13 N–H and O–H groups in total. The predicted molar refractivity (Wildman–Crippen MR) is 290 cm³/mol. The molecule has 6 amide bonds. The van der Waals surface area contributed by atoms with Gasteiger partial charge < -0.3 is 77.0 Å². The lowest BCUT2D eigenvalue weighted by atomic mass is 9.89. The van der Waals surface area contributed by atoms with E-state index in [0.29, 0.717) is 34.4 Å². The van der Waals surface area contributed by atoms with E-state index in [1.165, 1.54) is 25.7 Å². The van der Waals surface area contributed by atoms with E-state index in [0.717, 1.165) is 4.90 Å². The van der Waals surface area contributed by atoms with Gasteiger partial charge in [-0.15, -0.1) is 0 Å². The largest absolute Gasteiger partial charge is 0.395 e. The maximum Gasteiger partial charge on any atom is 0.254 e. The molecule has 0 radical (unpaired) electrons. The molecular formula is C52H98N6O15. The highest BCUT2D eigenvalue weighted by atomic mass is 16.3. The van der Waals surface area contributed by atoms with Crippen LogP contribution in [-0.2, 0) is 14.4 Å². The average Bonchev–Trinajstić information content (AvgIpc) is 3.41. The first-order valence-corrected chi connectivity index (χ1v) is 25.3. The first-order chi connectivity index (χ1) is 34.7. The Kier molecular flexibility index (Phi) is 52.0. The predicted octanol–water partition coefficient (Wildman–Crippen LogP) is 2.96. The molecule has 21 heteroatoms. The minimum absolute atomic E-state index is 0.0322. The SMILES string of the molecule is CC.CC.CC.CC.CC.CC.Cc1c(C)c(NC(=O)CO)c(C)c(C(=O)N(CCO)CC(O)CN(CCO)C(=O)c2c(C)c(NC(=O)CO)c(C)c(C(=O)NCC(O)CO)c2C)c1C.O=CNCC(O)CO. The van der Waals surface area contributed by atoms with Gasteiger partial charge in [-0.2, -0.15) is 0 Å². The van der Waals surface area contributed by atoms with Crippen LogP contribution < -0.4 is 21.3 Å². The second-order valence-electron chi connectivity index (χ2n) is 14.2. The zero-order valence-corrected chi connectivity index (χ0v) is 47.7. The molecule has 3 atom stereocenters. The Balaban J connectivity index is -0.000000484. The molecule has 0 saturated carbocycles. The Morgan fingerprint density at radius 1 is 0.466 bits per heavy atom. The molecule has 0 saturated heterocycles. The summed E-state index contributed by atoms with van der Waals surface area (Å²) in [5.41, 5.74) is 3.56. The zero-order chi connectivity index (χ0) is 58.7. The van der Waals surface area contributed by atoms with E-state index < -0.39 is 87.4 Å². The van der Waals surface area contributed by atoms with Crippen molar-refractivity contribution in [2.24, 2.45) is 0 Å². The molecule has 0 aliphatic heterocycles. The smallest absolute Gasteiger partial charge is 0.254 e. The number of amides is 6. The summed E-state index contributed by atoms with van der Waals surface area (Å²) in [7, 11) is 0. The van der Waals surface area contributed by atoms with Gasteiger partial charge in [0.25, 0.3) is 17.7 Å². The van der Waals surface area contributed by atoms with Gasteiger partial charge in [-0.05, 0) is 87.4 Å². The first-order valence-electron chi connectivity index (χ1n) is 25.3. The molecule has 2 rings (SSSR count). The molecular weight excluding hydrogens is 949 g/mol. The monoisotopic (exact) mass is 1050 g/mol. The maximum absolute atomic E-state index is 14.3. The van der Waals surface area contributed by atoms with Crippen LogP contribution in [0.2, 0.25) is 0 Å². The van der Waals surface area contributed by atoms with Gasteiger partial charge in [0, 0.05) is 67.3 Å². The molecule has 21 nitrogen and oxygen atoms in total. The number of aliphatic hydroxyl groups is 9. The van der Waals surface area contributed by atoms with E-state index in [1.54, 1.807) is 27.7 Å². The average molecular weight is 1050 g/mol. The Bertz CT molecular complexity index is 1860. The molecule has 0 heterocycles. The normalized spacial score (nSPS) is 10.7. The number of benzene rings is 2. The van der Waals surface area contributed by atoms with E-state index in [1.807, 2.05) is 83.1 Å². The number of rotatable bonds is 22. The van der Waals surface area contributed by atoms with E-state index in [-0.39, 0.29) is 78.4 Å². The Morgan fingerprint density at radius 3 is 1.15 bits per heavy atom. The third-order valence-electron chi connectivity index (χ3n) is 9.88. The topological polar surface area (TPSA) is 339 Å². The summed E-state index contributed by atoms with van der Waals surface area (Å²) in [6, 6.07) is 0. The van der Waals surface area contributed by atoms with Crippen LogP contribution in [0.5, 0.6) is 0 Å². The van der Waals surface area contributed by atoms with E-state index in [4.69, 9.17) is 10.2 Å². The quantitative estimate of drug-likeness (QED) is 0.0754. The highest BCUT2D eigenvalue weighted by Gasteiger charge is 2.31. The Morgan fingerprint density at radius 2 is 0.808 bits per heavy atom. The van der Waals surface area contributed by atoms with E-state index in [2.05, 4.69) is 21.3 Å². The summed E-state index contributed by atoms with van der Waals surface area (Å²) in [6.45, 7) is 30.3. The number of carbonyl (C=O) groups excluding carboxylic acids is 6. The summed E-state index contributed by atoms with van der Waals surface area (Å²) in [6.07, 6.45) is -3.06. The molecule has 0 fully saturated rings. The molecule has 0 aliphatic rings. The van der Waals surface area contributed by atoms with Crippen LogP contribution in [0.25, 0.3) is 0 Å². The number of nitrogens with zero attached hydrogens (tertiary/aromatic N) is 2. The highest BCUT2D eigenvalue weighted by Crippen LogP contribution is 2.34. The van der Waals surface area contributed by atoms with Crippen LogP contribution in [0.15, 0.2) is 0 Å². The standard InChI is InChI=1S/C36H53N5O12.C4H9NO3.6C2H6/c1-18-19(2)30(23(6)32(20(18)3)38-27(49)16-45)35(52)40(8-10-42)13-26(48)14-41(9-11-43)36(53)31-21(4)29(34(51)37-12-25(47)15-44)22(5)33(24(31)7)39-28(50)17-46;6-2-4(8)1-5-3-7;6*1-2/h25-26,42-48H,8-17H2,1-7H3,(H,37,51)(H,38,49)(H,39,50);3-4,6,8H,1-2H2,(H,5,7);6*1-2H3. The van der Waals surface area contributed by atoms with Crippen molar-refractivity contribution in [3.8, 4) is 0 Å². The van der Waals surface area contributed by atoms with Crippen molar-refractivity contribution in [3.05, 3.63) is 55.6 Å². The van der Waals surface area contributed by atoms with Crippen LogP contribution >= 0.6 is 0 Å². The third kappa shape index (κ3) is 27.1. The van der Waals surface area contributed by atoms with Crippen LogP contribution in [0.3, 0.4) is 0 Å². The van der Waals surface area contributed by atoms with Gasteiger partial charge in [-0.3, -0.25) is 28.8 Å². The second-order valence-corrected chi connectivity index (χ2v) is 14.2. The molecule has 73 heavy (non-hydrogen) atoms. The fraction of sp³-hybridized carbons (Fsp3) is 0.654. The van der Waals surface area contributed by atoms with E-state index in [9.17, 15) is 64.5 Å². The van der Waals surface area contributed by atoms with Gasteiger partial charge in [0.15, 0.2) is 0 Å². The molecule has 3 unspecified atom stereocenters. The molecule has 2 aromatic rings.